The molecule has 19 heteroatoms. The zero-order chi connectivity index (χ0) is 33.2. The Bertz CT molecular complexity index is 1080. The van der Waals surface area contributed by atoms with E-state index in [4.69, 9.17) is 9.44 Å². The zero-order valence-electron chi connectivity index (χ0n) is 24.8. The van der Waals surface area contributed by atoms with Gasteiger partial charge in [0.1, 0.15) is 11.8 Å². The summed E-state index contributed by atoms with van der Waals surface area (Å²) in [5.41, 5.74) is 0.706. The van der Waals surface area contributed by atoms with E-state index in [-0.39, 0.29) is 85.0 Å². The monoisotopic (exact) mass is 660 g/mol. The second-order valence-corrected chi connectivity index (χ2v) is 10.6. The molecule has 2 amide bonds. The van der Waals surface area contributed by atoms with Crippen LogP contribution in [-0.4, -0.2) is 162 Å². The van der Waals surface area contributed by atoms with Gasteiger partial charge >= 0.3 is 17.9 Å². The lowest BCUT2D eigenvalue weighted by molar-refractivity contribution is -0.433. The summed E-state index contributed by atoms with van der Waals surface area (Å²) in [6.45, 7) is 1.06. The fourth-order valence-electron chi connectivity index (χ4n) is 4.59. The molecule has 1 aliphatic heterocycles. The van der Waals surface area contributed by atoms with Crippen LogP contribution in [0.1, 0.15) is 5.56 Å². The molecular weight excluding hydrogens is 620 g/mol. The summed E-state index contributed by atoms with van der Waals surface area (Å²) in [5.74, 6) is -3.66. The molecule has 0 aliphatic carbocycles. The lowest BCUT2D eigenvalue weighted by Gasteiger charge is -2.33. The fraction of sp³-hybridized carbons (Fsp3) is 0.577. The van der Waals surface area contributed by atoms with E-state index in [9.17, 15) is 39.3 Å². The van der Waals surface area contributed by atoms with Gasteiger partial charge in [-0.1, -0.05) is 21.5 Å². The molecule has 1 heterocycles. The molecule has 0 unspecified atom stereocenters. The Morgan fingerprint density at radius 3 is 1.56 bits per heavy atom. The van der Waals surface area contributed by atoms with Gasteiger partial charge in [-0.3, -0.25) is 43.6 Å². The number of hydrogen-bond acceptors (Lipinski definition) is 14. The first kappa shape index (κ1) is 37.6. The molecule has 1 aromatic rings. The molecule has 1 atom stereocenters. The maximum Gasteiger partial charge on any atom is 0.317 e. The third-order valence-corrected chi connectivity index (χ3v) is 7.20. The van der Waals surface area contributed by atoms with Crippen LogP contribution in [0.2, 0.25) is 0 Å². The first-order valence-corrected chi connectivity index (χ1v) is 14.6. The third kappa shape index (κ3) is 15.8. The van der Waals surface area contributed by atoms with Gasteiger partial charge < -0.3 is 30.1 Å². The molecule has 1 saturated heterocycles. The summed E-state index contributed by atoms with van der Waals surface area (Å²) in [6, 6.07) is 5.62. The summed E-state index contributed by atoms with van der Waals surface area (Å²) in [4.78, 5) is 66.9. The van der Waals surface area contributed by atoms with E-state index < -0.39 is 35.8 Å². The van der Waals surface area contributed by atoms with Crippen LogP contribution in [0.5, 0.6) is 5.75 Å². The maximum absolute atomic E-state index is 13.2. The van der Waals surface area contributed by atoms with E-state index in [0.717, 1.165) is 0 Å². The second kappa shape index (κ2) is 20.5. The molecule has 0 spiro atoms. The molecule has 18 nitrogen and oxygen atoms in total. The summed E-state index contributed by atoms with van der Waals surface area (Å²) >= 11 is 0.389. The van der Waals surface area contributed by atoms with Gasteiger partial charge in [-0.05, 0) is 17.7 Å². The topological polar surface area (TPSA) is 231 Å². The average Bonchev–Trinajstić information content (AvgIpc) is 2.98. The van der Waals surface area contributed by atoms with E-state index in [1.807, 2.05) is 0 Å². The van der Waals surface area contributed by atoms with Crippen LogP contribution in [0.25, 0.3) is 0 Å². The van der Waals surface area contributed by atoms with Gasteiger partial charge in [0, 0.05) is 65.8 Å². The van der Waals surface area contributed by atoms with Crippen LogP contribution in [0.4, 0.5) is 0 Å². The van der Waals surface area contributed by atoms with Crippen molar-refractivity contribution in [1.29, 1.82) is 0 Å². The molecule has 6 N–H and O–H groups in total. The van der Waals surface area contributed by atoms with E-state index in [1.165, 1.54) is 7.05 Å². The van der Waals surface area contributed by atoms with Crippen molar-refractivity contribution in [1.82, 2.24) is 30.2 Å². The first-order valence-electron chi connectivity index (χ1n) is 13.9. The number of likely N-dealkylation sites (N-methyl/N-ethyl adjacent to an activating group) is 1. The standard InChI is InChI=1S/C26H40N6O12S/c1-27-26(40)21(14-19-2-4-20(5-3-19)42-45-44-43-41)28-22(33)15-29-6-8-30(16-23(34)35)10-12-32(18-25(38)39)13-11-31(9-7-29)17-24(36)37/h2-5,21,41H,6-18H2,1H3,(H,27,40)(H,28,33)(H,34,35)(H,36,37)(H,38,39)/t21-/m1/s1. The van der Waals surface area contributed by atoms with Crippen LogP contribution in [0, 0.1) is 0 Å². The average molecular weight is 661 g/mol. The first-order chi connectivity index (χ1) is 21.5. The minimum atomic E-state index is -1.05. The van der Waals surface area contributed by atoms with Gasteiger partial charge in [0.05, 0.1) is 26.2 Å². The lowest BCUT2D eigenvalue weighted by atomic mass is 10.0. The van der Waals surface area contributed by atoms with Crippen molar-refractivity contribution in [3.05, 3.63) is 29.8 Å². The molecule has 1 fully saturated rings. The summed E-state index contributed by atoms with van der Waals surface area (Å²) in [6.07, 6.45) is 0.153. The molecule has 2 rings (SSSR count). The van der Waals surface area contributed by atoms with Gasteiger partial charge in [0.2, 0.25) is 11.8 Å². The van der Waals surface area contributed by atoms with Crippen molar-refractivity contribution in [3.63, 3.8) is 0 Å². The Labute approximate surface area is 264 Å². The smallest absolute Gasteiger partial charge is 0.317 e. The molecule has 1 aliphatic rings. The van der Waals surface area contributed by atoms with Crippen LogP contribution >= 0.6 is 12.3 Å². The number of benzene rings is 1. The minimum Gasteiger partial charge on any atom is -0.480 e. The number of nitrogens with one attached hydrogen (secondary N) is 2. The number of aliphatic carboxylic acids is 3. The van der Waals surface area contributed by atoms with E-state index in [0.29, 0.717) is 23.6 Å². The van der Waals surface area contributed by atoms with Gasteiger partial charge in [0.25, 0.3) is 12.3 Å². The van der Waals surface area contributed by atoms with Gasteiger partial charge in [-0.25, -0.2) is 5.26 Å². The predicted molar refractivity (Wildman–Crippen MR) is 158 cm³/mol. The molecule has 45 heavy (non-hydrogen) atoms. The van der Waals surface area contributed by atoms with E-state index in [2.05, 4.69) is 20.0 Å². The van der Waals surface area contributed by atoms with Gasteiger partial charge in [-0.2, -0.15) is 0 Å². The van der Waals surface area contributed by atoms with Crippen molar-refractivity contribution in [2.75, 3.05) is 85.6 Å². The van der Waals surface area contributed by atoms with Gasteiger partial charge in [-0.15, -0.1) is 0 Å². The lowest BCUT2D eigenvalue weighted by Crippen LogP contribution is -2.52. The summed E-state index contributed by atoms with van der Waals surface area (Å²) in [7, 11) is 1.45. The van der Waals surface area contributed by atoms with Crippen LogP contribution < -0.4 is 14.8 Å². The number of carbonyl (C=O) groups is 5. The summed E-state index contributed by atoms with van der Waals surface area (Å²) < 4.78 is 9.26. The number of carboxylic acids is 3. The number of nitrogens with zero attached hydrogens (tertiary/aromatic N) is 4. The Balaban J connectivity index is 2.13. The highest BCUT2D eigenvalue weighted by atomic mass is 32.2. The number of hydrogen-bond donors (Lipinski definition) is 6. The van der Waals surface area contributed by atoms with Crippen LogP contribution in [0.3, 0.4) is 0 Å². The fourth-order valence-corrected chi connectivity index (χ4v) is 4.84. The third-order valence-electron chi connectivity index (χ3n) is 6.82. The van der Waals surface area contributed by atoms with Crippen LogP contribution in [-0.2, 0) is 39.8 Å². The number of rotatable bonds is 16. The second-order valence-electron chi connectivity index (χ2n) is 10.2. The highest BCUT2D eigenvalue weighted by Crippen LogP contribution is 2.18. The molecule has 0 radical (unpaired) electrons. The maximum atomic E-state index is 13.2. The molecular formula is C26H40N6O12S. The predicted octanol–water partition coefficient (Wildman–Crippen LogP) is -1.70. The molecule has 0 aromatic heterocycles. The van der Waals surface area contributed by atoms with Crippen molar-refractivity contribution >= 4 is 42.0 Å². The molecule has 1 aromatic carbocycles. The highest BCUT2D eigenvalue weighted by molar-refractivity contribution is 7.90. The number of amides is 2. The quantitative estimate of drug-likeness (QED) is 0.0502. The van der Waals surface area contributed by atoms with Crippen molar-refractivity contribution < 1.29 is 58.1 Å². The highest BCUT2D eigenvalue weighted by Gasteiger charge is 2.24. The largest absolute Gasteiger partial charge is 0.480 e. The van der Waals surface area contributed by atoms with Crippen molar-refractivity contribution in [2.45, 2.75) is 12.5 Å². The zero-order valence-corrected chi connectivity index (χ0v) is 25.6. The van der Waals surface area contributed by atoms with Crippen LogP contribution in [0.15, 0.2) is 24.3 Å². The van der Waals surface area contributed by atoms with Crippen molar-refractivity contribution in [3.8, 4) is 5.75 Å². The SMILES string of the molecule is CNC(=O)[C@@H](Cc1ccc(OSOOO)cc1)NC(=O)CN1CCN(CC(=O)O)CCN(CC(=O)O)CCN(CC(=O)O)CC1. The number of carboxylic acid groups (broad SMARTS) is 3. The molecule has 0 bridgehead atoms. The van der Waals surface area contributed by atoms with E-state index >= 15 is 0 Å². The Morgan fingerprint density at radius 2 is 1.18 bits per heavy atom. The number of carbonyl (C=O) groups excluding carboxylic acids is 2. The molecule has 252 valence electrons. The van der Waals surface area contributed by atoms with Gasteiger partial charge in [0.15, 0.2) is 0 Å². The normalized spacial score (nSPS) is 16.9. The van der Waals surface area contributed by atoms with Crippen molar-refractivity contribution in [2.24, 2.45) is 0 Å². The Morgan fingerprint density at radius 1 is 0.756 bits per heavy atom. The Kier molecular flexibility index (Phi) is 17.1. The van der Waals surface area contributed by atoms with E-state index in [1.54, 1.807) is 43.9 Å². The summed E-state index contributed by atoms with van der Waals surface area (Å²) in [5, 5.41) is 45.0. The molecule has 0 saturated carbocycles. The minimum absolute atomic E-state index is 0.141. The Hall–Kier alpha value is -3.56.